The number of benzene rings is 2. The monoisotopic (exact) mass is 493 g/mol. The molecule has 0 fully saturated rings. The van der Waals surface area contributed by atoms with E-state index in [4.69, 9.17) is 4.74 Å². The lowest BCUT2D eigenvalue weighted by atomic mass is 10.2. The molecule has 3 rings (SSSR count). The lowest BCUT2D eigenvalue weighted by Gasteiger charge is -2.30. The van der Waals surface area contributed by atoms with Gasteiger partial charge in [-0.05, 0) is 62.0 Å². The summed E-state index contributed by atoms with van der Waals surface area (Å²) in [5, 5.41) is 4.81. The van der Waals surface area contributed by atoms with Crippen LogP contribution in [0.25, 0.3) is 0 Å². The Morgan fingerprint density at radius 2 is 1.66 bits per heavy atom. The van der Waals surface area contributed by atoms with Crippen molar-refractivity contribution in [2.24, 2.45) is 0 Å². The van der Waals surface area contributed by atoms with Crippen molar-refractivity contribution in [3.05, 3.63) is 88.1 Å². The van der Waals surface area contributed by atoms with E-state index in [0.29, 0.717) is 30.9 Å². The van der Waals surface area contributed by atoms with Crippen LogP contribution in [0.1, 0.15) is 41.6 Å². The lowest BCUT2D eigenvalue weighted by molar-refractivity contribution is -0.133. The Labute approximate surface area is 210 Å². The van der Waals surface area contributed by atoms with E-state index in [1.54, 1.807) is 47.4 Å². The van der Waals surface area contributed by atoms with Gasteiger partial charge in [0.05, 0.1) is 18.7 Å². The highest BCUT2D eigenvalue weighted by molar-refractivity contribution is 7.09. The highest BCUT2D eigenvalue weighted by Crippen LogP contribution is 2.17. The maximum atomic E-state index is 13.4. The third-order valence-corrected chi connectivity index (χ3v) is 6.19. The molecule has 0 spiro atoms. The molecule has 2 aromatic carbocycles. The van der Waals surface area contributed by atoms with Crippen molar-refractivity contribution in [1.82, 2.24) is 9.80 Å². The van der Waals surface area contributed by atoms with Crippen molar-refractivity contribution in [2.45, 2.75) is 39.9 Å². The highest BCUT2D eigenvalue weighted by atomic mass is 32.1. The summed E-state index contributed by atoms with van der Waals surface area (Å²) in [6.45, 7) is 6.67. The second-order valence-corrected chi connectivity index (χ2v) is 9.30. The molecule has 35 heavy (non-hydrogen) atoms. The van der Waals surface area contributed by atoms with Crippen LogP contribution in [0.4, 0.5) is 10.5 Å². The maximum Gasteiger partial charge on any atom is 0.338 e. The summed E-state index contributed by atoms with van der Waals surface area (Å²) < 4.78 is 4.99. The van der Waals surface area contributed by atoms with Gasteiger partial charge in [-0.15, -0.1) is 11.3 Å². The van der Waals surface area contributed by atoms with Gasteiger partial charge in [-0.2, -0.15) is 0 Å². The summed E-state index contributed by atoms with van der Waals surface area (Å²) >= 11 is 1.60. The van der Waals surface area contributed by atoms with Crippen molar-refractivity contribution >= 4 is 34.9 Å². The largest absolute Gasteiger partial charge is 0.462 e. The van der Waals surface area contributed by atoms with Gasteiger partial charge in [0.2, 0.25) is 5.91 Å². The highest BCUT2D eigenvalue weighted by Gasteiger charge is 2.24. The average Bonchev–Trinajstić information content (AvgIpc) is 3.36. The SMILES string of the molecule is CCOC(=O)c1ccc(NC(=O)N(CC(=O)N(Cc2ccccc2)Cc2cccs2)C(C)C)cc1. The minimum atomic E-state index is -0.413. The van der Waals surface area contributed by atoms with Gasteiger partial charge in [0, 0.05) is 23.2 Å². The zero-order chi connectivity index (χ0) is 25.2. The van der Waals surface area contributed by atoms with Crippen LogP contribution in [0.3, 0.4) is 0 Å². The van der Waals surface area contributed by atoms with Gasteiger partial charge in [-0.3, -0.25) is 4.79 Å². The van der Waals surface area contributed by atoms with Gasteiger partial charge >= 0.3 is 12.0 Å². The van der Waals surface area contributed by atoms with E-state index >= 15 is 0 Å². The predicted molar refractivity (Wildman–Crippen MR) is 138 cm³/mol. The Morgan fingerprint density at radius 1 is 0.943 bits per heavy atom. The number of thiophene rings is 1. The number of carbonyl (C=O) groups is 3. The molecule has 3 amide bonds. The Morgan fingerprint density at radius 3 is 2.26 bits per heavy atom. The Kier molecular flexibility index (Phi) is 9.43. The normalized spacial score (nSPS) is 10.6. The molecule has 0 aliphatic rings. The number of nitrogens with zero attached hydrogens (tertiary/aromatic N) is 2. The molecule has 1 N–H and O–H groups in total. The second kappa shape index (κ2) is 12.7. The number of hydrogen-bond acceptors (Lipinski definition) is 5. The van der Waals surface area contributed by atoms with Gasteiger partial charge in [0.1, 0.15) is 6.54 Å². The third kappa shape index (κ3) is 7.68. The minimum absolute atomic E-state index is 0.0530. The molecule has 0 aliphatic heterocycles. The van der Waals surface area contributed by atoms with E-state index in [2.05, 4.69) is 5.32 Å². The van der Waals surface area contributed by atoms with Gasteiger partial charge in [-0.1, -0.05) is 36.4 Å². The molecule has 8 heteroatoms. The van der Waals surface area contributed by atoms with Gasteiger partial charge in [-0.25, -0.2) is 9.59 Å². The van der Waals surface area contributed by atoms with E-state index in [1.165, 1.54) is 4.90 Å². The van der Waals surface area contributed by atoms with E-state index in [1.807, 2.05) is 61.7 Å². The van der Waals surface area contributed by atoms with Crippen molar-refractivity contribution in [3.63, 3.8) is 0 Å². The summed E-state index contributed by atoms with van der Waals surface area (Å²) in [7, 11) is 0. The summed E-state index contributed by atoms with van der Waals surface area (Å²) in [5.41, 5.74) is 1.96. The predicted octanol–water partition coefficient (Wildman–Crippen LogP) is 5.40. The fourth-order valence-corrected chi connectivity index (χ4v) is 4.18. The number of rotatable bonds is 10. The molecular formula is C27H31N3O4S. The van der Waals surface area contributed by atoms with Crippen LogP contribution in [0, 0.1) is 0 Å². The Hall–Kier alpha value is -3.65. The fraction of sp³-hybridized carbons (Fsp3) is 0.296. The first-order chi connectivity index (χ1) is 16.9. The van der Waals surface area contributed by atoms with Crippen LogP contribution in [-0.2, 0) is 22.6 Å². The first-order valence-electron chi connectivity index (χ1n) is 11.6. The first kappa shape index (κ1) is 26.0. The number of ether oxygens (including phenoxy) is 1. The molecule has 1 heterocycles. The summed E-state index contributed by atoms with van der Waals surface area (Å²) in [5.74, 6) is -0.548. The number of anilines is 1. The average molecular weight is 494 g/mol. The molecule has 0 unspecified atom stereocenters. The summed E-state index contributed by atoms with van der Waals surface area (Å²) in [6, 6.07) is 19.7. The van der Waals surface area contributed by atoms with Crippen LogP contribution < -0.4 is 5.32 Å². The van der Waals surface area contributed by atoms with Gasteiger partial charge < -0.3 is 19.9 Å². The number of carbonyl (C=O) groups excluding carboxylic acids is 3. The van der Waals surface area contributed by atoms with Crippen LogP contribution in [-0.4, -0.2) is 46.9 Å². The van der Waals surface area contributed by atoms with Gasteiger partial charge in [0.15, 0.2) is 0 Å². The molecule has 0 atom stereocenters. The topological polar surface area (TPSA) is 79.0 Å². The maximum absolute atomic E-state index is 13.4. The number of amides is 3. The van der Waals surface area contributed by atoms with E-state index < -0.39 is 5.97 Å². The molecular weight excluding hydrogens is 462 g/mol. The zero-order valence-electron chi connectivity index (χ0n) is 20.3. The number of hydrogen-bond donors (Lipinski definition) is 1. The summed E-state index contributed by atoms with van der Waals surface area (Å²) in [6.07, 6.45) is 0. The Bertz CT molecular complexity index is 1100. The number of esters is 1. The van der Waals surface area contributed by atoms with Crippen molar-refractivity contribution in [3.8, 4) is 0 Å². The second-order valence-electron chi connectivity index (χ2n) is 8.26. The number of nitrogens with one attached hydrogen (secondary N) is 1. The zero-order valence-corrected chi connectivity index (χ0v) is 21.1. The van der Waals surface area contributed by atoms with Crippen LogP contribution in [0.5, 0.6) is 0 Å². The molecule has 0 radical (unpaired) electrons. The standard InChI is InChI=1S/C27H31N3O4S/c1-4-34-26(32)22-12-14-23(15-13-22)28-27(33)30(20(2)3)19-25(31)29(18-24-11-8-16-35-24)17-21-9-6-5-7-10-21/h5-16,20H,4,17-19H2,1-3H3,(H,28,33). The smallest absolute Gasteiger partial charge is 0.338 e. The van der Waals surface area contributed by atoms with Gasteiger partial charge in [0.25, 0.3) is 0 Å². The molecule has 7 nitrogen and oxygen atoms in total. The minimum Gasteiger partial charge on any atom is -0.462 e. The molecule has 184 valence electrons. The molecule has 1 aromatic heterocycles. The summed E-state index contributed by atoms with van der Waals surface area (Å²) in [4.78, 5) is 42.7. The molecule has 0 saturated carbocycles. The van der Waals surface area contributed by atoms with E-state index in [9.17, 15) is 14.4 Å². The Balaban J connectivity index is 1.69. The number of urea groups is 1. The van der Waals surface area contributed by atoms with E-state index in [-0.39, 0.29) is 24.5 Å². The lowest BCUT2D eigenvalue weighted by Crippen LogP contribution is -2.47. The van der Waals surface area contributed by atoms with E-state index in [0.717, 1.165) is 10.4 Å². The van der Waals surface area contributed by atoms with Crippen molar-refractivity contribution in [1.29, 1.82) is 0 Å². The van der Waals surface area contributed by atoms with Crippen LogP contribution >= 0.6 is 11.3 Å². The molecule has 0 saturated heterocycles. The van der Waals surface area contributed by atoms with Crippen LogP contribution in [0.15, 0.2) is 72.1 Å². The van der Waals surface area contributed by atoms with Crippen molar-refractivity contribution < 1.29 is 19.1 Å². The molecule has 3 aromatic rings. The quantitative estimate of drug-likeness (QED) is 0.384. The third-order valence-electron chi connectivity index (χ3n) is 5.33. The molecule has 0 aliphatic carbocycles. The molecule has 0 bridgehead atoms. The van der Waals surface area contributed by atoms with Crippen molar-refractivity contribution in [2.75, 3.05) is 18.5 Å². The fourth-order valence-electron chi connectivity index (χ4n) is 3.46. The van der Waals surface area contributed by atoms with Crippen LogP contribution in [0.2, 0.25) is 0 Å². The first-order valence-corrected chi connectivity index (χ1v) is 12.4.